The average Bonchev–Trinajstić information content (AvgIpc) is 3.05. The number of carbonyl (C=O) groups is 2. The number of imidazole rings is 1. The van der Waals surface area contributed by atoms with Crippen LogP contribution in [-0.2, 0) is 6.54 Å². The fraction of sp³-hybridized carbons (Fsp3) is 0.222. The number of nitrogens with one attached hydrogen (secondary N) is 2. The summed E-state index contributed by atoms with van der Waals surface area (Å²) in [6.07, 6.45) is 5.89. The Balaban J connectivity index is 1.85. The summed E-state index contributed by atoms with van der Waals surface area (Å²) in [7, 11) is 0. The SMILES string of the molecule is CCCNC(=O)c1nc(C(=O)NCc2ccncc2)n2ccccc12. The standard InChI is InChI=1S/C18H19N5O2/c1-2-8-20-17(24)15-14-5-3-4-11-23(14)16(22-15)18(25)21-12-13-6-9-19-10-7-13/h3-7,9-11H,2,8,12H2,1H3,(H,20,24)(H,21,25). The van der Waals surface area contributed by atoms with Gasteiger partial charge in [0.15, 0.2) is 5.69 Å². The number of pyridine rings is 2. The summed E-state index contributed by atoms with van der Waals surface area (Å²) in [6, 6.07) is 9.03. The quantitative estimate of drug-likeness (QED) is 0.718. The molecule has 0 unspecified atom stereocenters. The Labute approximate surface area is 145 Å². The van der Waals surface area contributed by atoms with Gasteiger partial charge in [0.2, 0.25) is 5.82 Å². The number of rotatable bonds is 6. The van der Waals surface area contributed by atoms with Crippen molar-refractivity contribution in [1.82, 2.24) is 25.0 Å². The van der Waals surface area contributed by atoms with Crippen LogP contribution in [-0.4, -0.2) is 32.7 Å². The van der Waals surface area contributed by atoms with Crippen molar-refractivity contribution >= 4 is 17.3 Å². The first kappa shape index (κ1) is 16.6. The number of fused-ring (bicyclic) bond motifs is 1. The highest BCUT2D eigenvalue weighted by Gasteiger charge is 2.20. The van der Waals surface area contributed by atoms with Crippen LogP contribution in [0.1, 0.15) is 40.0 Å². The molecular formula is C18H19N5O2. The fourth-order valence-corrected chi connectivity index (χ4v) is 2.45. The zero-order valence-corrected chi connectivity index (χ0v) is 13.9. The minimum atomic E-state index is -0.340. The lowest BCUT2D eigenvalue weighted by molar-refractivity contribution is 0.0939. The van der Waals surface area contributed by atoms with Gasteiger partial charge in [-0.1, -0.05) is 13.0 Å². The highest BCUT2D eigenvalue weighted by molar-refractivity contribution is 6.02. The monoisotopic (exact) mass is 337 g/mol. The zero-order chi connectivity index (χ0) is 17.6. The van der Waals surface area contributed by atoms with Crippen LogP contribution in [0.25, 0.3) is 5.52 Å². The lowest BCUT2D eigenvalue weighted by atomic mass is 10.3. The van der Waals surface area contributed by atoms with Crippen LogP contribution >= 0.6 is 0 Å². The predicted molar refractivity (Wildman–Crippen MR) is 93.2 cm³/mol. The molecule has 3 heterocycles. The largest absolute Gasteiger partial charge is 0.351 e. The van der Waals surface area contributed by atoms with Gasteiger partial charge in [-0.3, -0.25) is 19.0 Å². The molecule has 7 heteroatoms. The third-order valence-electron chi connectivity index (χ3n) is 3.70. The van der Waals surface area contributed by atoms with Crippen molar-refractivity contribution in [3.63, 3.8) is 0 Å². The van der Waals surface area contributed by atoms with Crippen LogP contribution in [0.2, 0.25) is 0 Å². The van der Waals surface area contributed by atoms with E-state index in [0.29, 0.717) is 18.6 Å². The highest BCUT2D eigenvalue weighted by atomic mass is 16.2. The smallest absolute Gasteiger partial charge is 0.287 e. The van der Waals surface area contributed by atoms with Gasteiger partial charge in [0.05, 0.1) is 5.52 Å². The molecular weight excluding hydrogens is 318 g/mol. The molecule has 0 spiro atoms. The van der Waals surface area contributed by atoms with E-state index in [9.17, 15) is 9.59 Å². The molecule has 3 aromatic heterocycles. The topological polar surface area (TPSA) is 88.4 Å². The van der Waals surface area contributed by atoms with Crippen LogP contribution in [0, 0.1) is 0 Å². The Morgan fingerprint density at radius 3 is 2.64 bits per heavy atom. The summed E-state index contributed by atoms with van der Waals surface area (Å²) < 4.78 is 1.63. The van der Waals surface area contributed by atoms with Gasteiger partial charge in [-0.25, -0.2) is 4.98 Å². The molecule has 0 fully saturated rings. The van der Waals surface area contributed by atoms with Crippen molar-refractivity contribution in [3.8, 4) is 0 Å². The van der Waals surface area contributed by atoms with Crippen LogP contribution in [0.5, 0.6) is 0 Å². The van der Waals surface area contributed by atoms with E-state index >= 15 is 0 Å². The van der Waals surface area contributed by atoms with E-state index in [1.807, 2.05) is 25.1 Å². The Bertz CT molecular complexity index is 889. The molecule has 25 heavy (non-hydrogen) atoms. The molecule has 0 aromatic carbocycles. The Kier molecular flexibility index (Phi) is 5.03. The Hall–Kier alpha value is -3.22. The van der Waals surface area contributed by atoms with Gasteiger partial charge in [-0.2, -0.15) is 0 Å². The third-order valence-corrected chi connectivity index (χ3v) is 3.70. The molecule has 7 nitrogen and oxygen atoms in total. The first-order chi connectivity index (χ1) is 12.2. The molecule has 2 N–H and O–H groups in total. The number of amides is 2. The van der Waals surface area contributed by atoms with E-state index in [2.05, 4.69) is 20.6 Å². The maximum absolute atomic E-state index is 12.5. The fourth-order valence-electron chi connectivity index (χ4n) is 2.45. The lowest BCUT2D eigenvalue weighted by Crippen LogP contribution is -2.26. The highest BCUT2D eigenvalue weighted by Crippen LogP contribution is 2.13. The second-order valence-corrected chi connectivity index (χ2v) is 5.53. The van der Waals surface area contributed by atoms with Crippen molar-refractivity contribution < 1.29 is 9.59 Å². The number of carbonyl (C=O) groups excluding carboxylic acids is 2. The summed E-state index contributed by atoms with van der Waals surface area (Å²) in [5.74, 6) is -0.433. The van der Waals surface area contributed by atoms with E-state index in [0.717, 1.165) is 12.0 Å². The molecule has 3 rings (SSSR count). The normalized spacial score (nSPS) is 10.6. The number of hydrogen-bond donors (Lipinski definition) is 2. The average molecular weight is 337 g/mol. The molecule has 0 saturated heterocycles. The maximum atomic E-state index is 12.5. The zero-order valence-electron chi connectivity index (χ0n) is 13.9. The number of nitrogens with zero attached hydrogens (tertiary/aromatic N) is 3. The van der Waals surface area contributed by atoms with E-state index in [-0.39, 0.29) is 23.3 Å². The summed E-state index contributed by atoms with van der Waals surface area (Å²) in [5.41, 5.74) is 1.79. The van der Waals surface area contributed by atoms with Gasteiger partial charge < -0.3 is 10.6 Å². The molecule has 0 aliphatic heterocycles. The van der Waals surface area contributed by atoms with Crippen LogP contribution < -0.4 is 10.6 Å². The molecule has 0 saturated carbocycles. The minimum Gasteiger partial charge on any atom is -0.351 e. The summed E-state index contributed by atoms with van der Waals surface area (Å²) in [5, 5.41) is 5.62. The summed E-state index contributed by atoms with van der Waals surface area (Å²) >= 11 is 0. The van der Waals surface area contributed by atoms with Crippen LogP contribution in [0.4, 0.5) is 0 Å². The van der Waals surface area contributed by atoms with Crippen molar-refractivity contribution in [3.05, 3.63) is 66.0 Å². The Morgan fingerprint density at radius 2 is 1.88 bits per heavy atom. The van der Waals surface area contributed by atoms with E-state index in [1.54, 1.807) is 35.1 Å². The van der Waals surface area contributed by atoms with E-state index < -0.39 is 0 Å². The summed E-state index contributed by atoms with van der Waals surface area (Å²) in [4.78, 5) is 33.1. The molecule has 2 amide bonds. The van der Waals surface area contributed by atoms with Gasteiger partial charge in [0.25, 0.3) is 11.8 Å². The predicted octanol–water partition coefficient (Wildman–Crippen LogP) is 1.80. The molecule has 0 radical (unpaired) electrons. The molecule has 3 aromatic rings. The minimum absolute atomic E-state index is 0.186. The first-order valence-electron chi connectivity index (χ1n) is 8.13. The van der Waals surface area contributed by atoms with Gasteiger partial charge in [-0.05, 0) is 36.2 Å². The van der Waals surface area contributed by atoms with E-state index in [4.69, 9.17) is 0 Å². The van der Waals surface area contributed by atoms with Crippen LogP contribution in [0.15, 0.2) is 48.9 Å². The summed E-state index contributed by atoms with van der Waals surface area (Å²) in [6.45, 7) is 2.90. The van der Waals surface area contributed by atoms with Crippen LogP contribution in [0.3, 0.4) is 0 Å². The van der Waals surface area contributed by atoms with Gasteiger partial charge >= 0.3 is 0 Å². The third kappa shape index (κ3) is 3.65. The van der Waals surface area contributed by atoms with Crippen molar-refractivity contribution in [2.45, 2.75) is 19.9 Å². The maximum Gasteiger partial charge on any atom is 0.287 e. The second kappa shape index (κ2) is 7.57. The molecule has 0 aliphatic carbocycles. The molecule has 0 aliphatic rings. The lowest BCUT2D eigenvalue weighted by Gasteiger charge is -2.04. The van der Waals surface area contributed by atoms with Crippen molar-refractivity contribution in [2.24, 2.45) is 0 Å². The van der Waals surface area contributed by atoms with E-state index in [1.165, 1.54) is 0 Å². The van der Waals surface area contributed by atoms with Gasteiger partial charge in [0, 0.05) is 31.7 Å². The Morgan fingerprint density at radius 1 is 1.08 bits per heavy atom. The first-order valence-corrected chi connectivity index (χ1v) is 8.13. The molecule has 128 valence electrons. The molecule has 0 atom stereocenters. The number of hydrogen-bond acceptors (Lipinski definition) is 4. The second-order valence-electron chi connectivity index (χ2n) is 5.53. The van der Waals surface area contributed by atoms with Gasteiger partial charge in [0.1, 0.15) is 0 Å². The van der Waals surface area contributed by atoms with Crippen molar-refractivity contribution in [2.75, 3.05) is 6.54 Å². The van der Waals surface area contributed by atoms with Gasteiger partial charge in [-0.15, -0.1) is 0 Å². The number of aromatic nitrogens is 3. The molecule has 0 bridgehead atoms. The van der Waals surface area contributed by atoms with Crippen molar-refractivity contribution in [1.29, 1.82) is 0 Å².